The highest BCUT2D eigenvalue weighted by atomic mass is 19.3. The number of hydrogen-bond donors (Lipinski definition) is 0. The molecule has 4 heteroatoms. The molecule has 11 heavy (non-hydrogen) atoms. The zero-order valence-electron chi connectivity index (χ0n) is 6.36. The predicted octanol–water partition coefficient (Wildman–Crippen LogP) is 2.41. The van der Waals surface area contributed by atoms with Crippen molar-refractivity contribution in [3.8, 4) is 0 Å². The van der Waals surface area contributed by atoms with Gasteiger partial charge in [-0.3, -0.25) is 4.39 Å². The minimum Gasteiger partial charge on any atom is -0.381 e. The zero-order valence-corrected chi connectivity index (χ0v) is 6.36. The van der Waals surface area contributed by atoms with Gasteiger partial charge in [-0.05, 0) is 12.8 Å². The van der Waals surface area contributed by atoms with Crippen molar-refractivity contribution in [3.05, 3.63) is 0 Å². The highest BCUT2D eigenvalue weighted by Crippen LogP contribution is 2.02. The number of alkyl halides is 3. The first-order valence-electron chi connectivity index (χ1n) is 3.69. The summed E-state index contributed by atoms with van der Waals surface area (Å²) in [5.74, 6) is 0. The number of ether oxygens (including phenoxy) is 1. The molecule has 0 aromatic rings. The van der Waals surface area contributed by atoms with Crippen molar-refractivity contribution in [3.63, 3.8) is 0 Å². The molecule has 0 atom stereocenters. The zero-order chi connectivity index (χ0) is 8.53. The Labute approximate surface area is 64.5 Å². The van der Waals surface area contributed by atoms with Crippen LogP contribution in [0, 0.1) is 0 Å². The molecule has 0 saturated heterocycles. The third kappa shape index (κ3) is 9.75. The van der Waals surface area contributed by atoms with E-state index >= 15 is 0 Å². The van der Waals surface area contributed by atoms with Crippen LogP contribution < -0.4 is 0 Å². The smallest absolute Gasteiger partial charge is 0.238 e. The largest absolute Gasteiger partial charge is 0.381 e. The van der Waals surface area contributed by atoms with Gasteiger partial charge in [-0.2, -0.15) is 0 Å². The maximum absolute atomic E-state index is 11.5. The summed E-state index contributed by atoms with van der Waals surface area (Å²) < 4.78 is 39.3. The predicted molar refractivity (Wildman–Crippen MR) is 36.6 cm³/mol. The standard InChI is InChI=1S/C7H13F3O/c8-4-2-6-11-5-1-3-7(9)10/h7H,1-6H2. The van der Waals surface area contributed by atoms with Crippen molar-refractivity contribution in [2.45, 2.75) is 25.7 Å². The van der Waals surface area contributed by atoms with Crippen LogP contribution in [0.1, 0.15) is 19.3 Å². The average molecular weight is 170 g/mol. The van der Waals surface area contributed by atoms with Gasteiger partial charge in [-0.25, -0.2) is 8.78 Å². The molecule has 1 nitrogen and oxygen atoms in total. The molecule has 0 unspecified atom stereocenters. The summed E-state index contributed by atoms with van der Waals surface area (Å²) in [5, 5.41) is 0. The molecule has 0 amide bonds. The molecule has 0 rings (SSSR count). The van der Waals surface area contributed by atoms with E-state index in [1.54, 1.807) is 0 Å². The van der Waals surface area contributed by atoms with Crippen LogP contribution in [-0.2, 0) is 4.74 Å². The van der Waals surface area contributed by atoms with Crippen LogP contribution in [0.4, 0.5) is 13.2 Å². The molecule has 0 aliphatic carbocycles. The number of rotatable bonds is 7. The SMILES string of the molecule is FCCCOCCCC(F)F. The van der Waals surface area contributed by atoms with Gasteiger partial charge in [-0.1, -0.05) is 0 Å². The first-order chi connectivity index (χ1) is 5.27. The minimum absolute atomic E-state index is 0.129. The molecule has 0 N–H and O–H groups in total. The molecule has 0 bridgehead atoms. The van der Waals surface area contributed by atoms with Gasteiger partial charge in [0.05, 0.1) is 6.67 Å². The third-order valence-electron chi connectivity index (χ3n) is 1.13. The van der Waals surface area contributed by atoms with Gasteiger partial charge >= 0.3 is 0 Å². The molecule has 0 fully saturated rings. The van der Waals surface area contributed by atoms with Crippen LogP contribution in [-0.4, -0.2) is 26.3 Å². The quantitative estimate of drug-likeness (QED) is 0.533. The van der Waals surface area contributed by atoms with Gasteiger partial charge in [0, 0.05) is 19.6 Å². The van der Waals surface area contributed by atoms with Crippen LogP contribution in [0.3, 0.4) is 0 Å². The van der Waals surface area contributed by atoms with Gasteiger partial charge in [0.25, 0.3) is 0 Å². The molecule has 0 aliphatic rings. The molecule has 0 aromatic heterocycles. The van der Waals surface area contributed by atoms with E-state index in [-0.39, 0.29) is 6.42 Å². The Morgan fingerprint density at radius 2 is 1.73 bits per heavy atom. The van der Waals surface area contributed by atoms with Crippen LogP contribution >= 0.6 is 0 Å². The summed E-state index contributed by atoms with van der Waals surface area (Å²) in [5.41, 5.74) is 0. The molecule has 0 spiro atoms. The molecule has 0 saturated carbocycles. The van der Waals surface area contributed by atoms with Crippen LogP contribution in [0.15, 0.2) is 0 Å². The summed E-state index contributed by atoms with van der Waals surface area (Å²) in [4.78, 5) is 0. The maximum Gasteiger partial charge on any atom is 0.238 e. The second-order valence-corrected chi connectivity index (χ2v) is 2.19. The van der Waals surface area contributed by atoms with Crippen LogP contribution in [0.5, 0.6) is 0 Å². The lowest BCUT2D eigenvalue weighted by Crippen LogP contribution is -2.00. The van der Waals surface area contributed by atoms with Gasteiger partial charge in [0.2, 0.25) is 6.43 Å². The molecule has 0 aliphatic heterocycles. The average Bonchev–Trinajstić information content (AvgIpc) is 1.96. The Morgan fingerprint density at radius 1 is 1.09 bits per heavy atom. The lowest BCUT2D eigenvalue weighted by atomic mass is 10.3. The van der Waals surface area contributed by atoms with Crippen molar-refractivity contribution in [1.29, 1.82) is 0 Å². The second-order valence-electron chi connectivity index (χ2n) is 2.19. The Kier molecular flexibility index (Phi) is 7.67. The fourth-order valence-corrected chi connectivity index (χ4v) is 0.598. The highest BCUT2D eigenvalue weighted by Gasteiger charge is 2.00. The monoisotopic (exact) mass is 170 g/mol. The van der Waals surface area contributed by atoms with E-state index in [2.05, 4.69) is 0 Å². The van der Waals surface area contributed by atoms with E-state index in [1.807, 2.05) is 0 Å². The summed E-state index contributed by atoms with van der Waals surface area (Å²) in [6.45, 7) is 0.235. The summed E-state index contributed by atoms with van der Waals surface area (Å²) in [6, 6.07) is 0. The fraction of sp³-hybridized carbons (Fsp3) is 1.00. The van der Waals surface area contributed by atoms with Crippen molar-refractivity contribution < 1.29 is 17.9 Å². The van der Waals surface area contributed by atoms with Gasteiger partial charge in [0.15, 0.2) is 0 Å². The normalized spacial score (nSPS) is 10.9. The maximum atomic E-state index is 11.5. The van der Waals surface area contributed by atoms with E-state index in [4.69, 9.17) is 4.74 Å². The number of halogens is 3. The molecular formula is C7H13F3O. The lowest BCUT2D eigenvalue weighted by molar-refractivity contribution is 0.0909. The summed E-state index contributed by atoms with van der Waals surface area (Å²) in [7, 11) is 0. The van der Waals surface area contributed by atoms with Gasteiger partial charge < -0.3 is 4.74 Å². The minimum atomic E-state index is -2.25. The summed E-state index contributed by atoms with van der Waals surface area (Å²) in [6.07, 6.45) is -1.67. The van der Waals surface area contributed by atoms with E-state index in [1.165, 1.54) is 0 Å². The first kappa shape index (κ1) is 10.8. The van der Waals surface area contributed by atoms with Crippen LogP contribution in [0.25, 0.3) is 0 Å². The molecule has 68 valence electrons. The van der Waals surface area contributed by atoms with Crippen molar-refractivity contribution in [2.75, 3.05) is 19.9 Å². The van der Waals surface area contributed by atoms with E-state index in [9.17, 15) is 13.2 Å². The Hall–Kier alpha value is -0.250. The number of hydrogen-bond acceptors (Lipinski definition) is 1. The fourth-order valence-electron chi connectivity index (χ4n) is 0.598. The van der Waals surface area contributed by atoms with Crippen molar-refractivity contribution in [1.82, 2.24) is 0 Å². The Bertz CT molecular complexity index is 78.1. The molecule has 0 aromatic carbocycles. The summed E-state index contributed by atoms with van der Waals surface area (Å²) >= 11 is 0. The first-order valence-corrected chi connectivity index (χ1v) is 3.69. The van der Waals surface area contributed by atoms with Crippen molar-refractivity contribution >= 4 is 0 Å². The molecule has 0 radical (unpaired) electrons. The topological polar surface area (TPSA) is 9.23 Å². The van der Waals surface area contributed by atoms with Gasteiger partial charge in [-0.15, -0.1) is 0 Å². The van der Waals surface area contributed by atoms with E-state index < -0.39 is 13.1 Å². The van der Waals surface area contributed by atoms with E-state index in [0.29, 0.717) is 26.1 Å². The Morgan fingerprint density at radius 3 is 2.27 bits per heavy atom. The Balaban J connectivity index is 2.80. The van der Waals surface area contributed by atoms with E-state index in [0.717, 1.165) is 0 Å². The highest BCUT2D eigenvalue weighted by molar-refractivity contribution is 4.41. The molecular weight excluding hydrogens is 157 g/mol. The lowest BCUT2D eigenvalue weighted by Gasteiger charge is -2.01. The van der Waals surface area contributed by atoms with Crippen molar-refractivity contribution in [2.24, 2.45) is 0 Å². The third-order valence-corrected chi connectivity index (χ3v) is 1.13. The molecule has 0 heterocycles. The second kappa shape index (κ2) is 7.85. The van der Waals surface area contributed by atoms with Crippen LogP contribution in [0.2, 0.25) is 0 Å². The van der Waals surface area contributed by atoms with Gasteiger partial charge in [0.1, 0.15) is 0 Å².